The van der Waals surface area contributed by atoms with Crippen molar-refractivity contribution < 1.29 is 4.79 Å². The van der Waals surface area contributed by atoms with E-state index in [4.69, 9.17) is 0 Å². The second kappa shape index (κ2) is 4.09. The van der Waals surface area contributed by atoms with Crippen molar-refractivity contribution in [2.75, 3.05) is 7.05 Å². The third-order valence-electron chi connectivity index (χ3n) is 2.12. The molecular weight excluding hydrogens is 206 g/mol. The number of carbonyl (C=O) groups is 1. The van der Waals surface area contributed by atoms with Crippen LogP contribution in [-0.4, -0.2) is 33.1 Å². The third-order valence-corrected chi connectivity index (χ3v) is 2.12. The van der Waals surface area contributed by atoms with Gasteiger partial charge in [-0.2, -0.15) is 5.10 Å². The van der Waals surface area contributed by atoms with Gasteiger partial charge in [0.25, 0.3) is 5.91 Å². The lowest BCUT2D eigenvalue weighted by Crippen LogP contribution is -2.19. The molecule has 2 heterocycles. The summed E-state index contributed by atoms with van der Waals surface area (Å²) in [5.74, 6) is -0.226. The minimum atomic E-state index is -0.226. The molecule has 0 unspecified atom stereocenters. The number of nitrogens with one attached hydrogen (secondary N) is 2. The van der Waals surface area contributed by atoms with Crippen LogP contribution in [0.5, 0.6) is 0 Å². The van der Waals surface area contributed by atoms with Crippen LogP contribution in [0.3, 0.4) is 0 Å². The van der Waals surface area contributed by atoms with E-state index in [0.717, 1.165) is 5.69 Å². The molecule has 0 bridgehead atoms. The lowest BCUT2D eigenvalue weighted by molar-refractivity contribution is 0.0959. The summed E-state index contributed by atoms with van der Waals surface area (Å²) in [6.45, 7) is 1.84. The number of nitrogens with zero attached hydrogens (tertiary/aromatic N) is 3. The molecular formula is C10H11N5O. The summed E-state index contributed by atoms with van der Waals surface area (Å²) in [5, 5.41) is 9.02. The van der Waals surface area contributed by atoms with E-state index in [1.807, 2.05) is 6.92 Å². The first kappa shape index (κ1) is 10.3. The Hall–Kier alpha value is -2.24. The molecule has 2 aromatic rings. The molecule has 0 spiro atoms. The first-order chi connectivity index (χ1) is 7.72. The normalized spacial score (nSPS) is 10.1. The minimum absolute atomic E-state index is 0.226. The number of aryl methyl sites for hydroxylation is 1. The van der Waals surface area contributed by atoms with Gasteiger partial charge in [0.05, 0.1) is 29.3 Å². The van der Waals surface area contributed by atoms with E-state index in [0.29, 0.717) is 17.0 Å². The van der Waals surface area contributed by atoms with Crippen LogP contribution in [0.2, 0.25) is 0 Å². The van der Waals surface area contributed by atoms with Crippen LogP contribution in [-0.2, 0) is 0 Å². The summed E-state index contributed by atoms with van der Waals surface area (Å²) >= 11 is 0. The fourth-order valence-electron chi connectivity index (χ4n) is 1.37. The highest BCUT2D eigenvalue weighted by Crippen LogP contribution is 2.18. The molecule has 0 aliphatic carbocycles. The van der Waals surface area contributed by atoms with E-state index >= 15 is 0 Å². The first-order valence-electron chi connectivity index (χ1n) is 4.77. The molecule has 2 aromatic heterocycles. The van der Waals surface area contributed by atoms with Gasteiger partial charge in [-0.1, -0.05) is 0 Å². The Balaban J connectivity index is 2.48. The number of hydrogen-bond acceptors (Lipinski definition) is 4. The van der Waals surface area contributed by atoms with Gasteiger partial charge in [0, 0.05) is 13.2 Å². The molecule has 0 aliphatic heterocycles. The van der Waals surface area contributed by atoms with E-state index in [2.05, 4.69) is 25.5 Å². The molecule has 0 atom stereocenters. The van der Waals surface area contributed by atoms with Gasteiger partial charge in [0.15, 0.2) is 0 Å². The molecule has 0 saturated heterocycles. The fourth-order valence-corrected chi connectivity index (χ4v) is 1.37. The Morgan fingerprint density at radius 3 is 2.88 bits per heavy atom. The third kappa shape index (κ3) is 1.77. The van der Waals surface area contributed by atoms with Gasteiger partial charge in [-0.25, -0.2) is 4.98 Å². The Morgan fingerprint density at radius 1 is 1.38 bits per heavy atom. The van der Waals surface area contributed by atoms with Gasteiger partial charge < -0.3 is 5.32 Å². The van der Waals surface area contributed by atoms with Gasteiger partial charge in [-0.15, -0.1) is 0 Å². The van der Waals surface area contributed by atoms with Crippen molar-refractivity contribution >= 4 is 5.91 Å². The molecule has 1 amide bonds. The highest BCUT2D eigenvalue weighted by Gasteiger charge is 2.14. The van der Waals surface area contributed by atoms with E-state index in [1.54, 1.807) is 25.6 Å². The number of carbonyl (C=O) groups excluding carboxylic acids is 1. The Kier molecular flexibility index (Phi) is 2.63. The summed E-state index contributed by atoms with van der Waals surface area (Å²) in [6, 6.07) is 0. The Bertz CT molecular complexity index is 519. The van der Waals surface area contributed by atoms with E-state index in [-0.39, 0.29) is 5.91 Å². The van der Waals surface area contributed by atoms with Crippen LogP contribution in [0, 0.1) is 6.92 Å². The first-order valence-corrected chi connectivity index (χ1v) is 4.77. The van der Waals surface area contributed by atoms with Crippen molar-refractivity contribution in [3.8, 4) is 11.3 Å². The van der Waals surface area contributed by atoms with Crippen molar-refractivity contribution in [3.63, 3.8) is 0 Å². The molecule has 16 heavy (non-hydrogen) atoms. The molecule has 2 rings (SSSR count). The summed E-state index contributed by atoms with van der Waals surface area (Å²) in [6.07, 6.45) is 4.82. The van der Waals surface area contributed by atoms with Crippen LogP contribution >= 0.6 is 0 Å². The molecule has 0 radical (unpaired) electrons. The van der Waals surface area contributed by atoms with Gasteiger partial charge in [-0.3, -0.25) is 14.9 Å². The molecule has 0 saturated carbocycles. The molecule has 0 aromatic carbocycles. The molecule has 0 aliphatic rings. The van der Waals surface area contributed by atoms with Crippen LogP contribution in [0.4, 0.5) is 0 Å². The number of aromatic amines is 1. The fraction of sp³-hybridized carbons (Fsp3) is 0.200. The smallest absolute Gasteiger partial charge is 0.269 e. The van der Waals surface area contributed by atoms with Crippen molar-refractivity contribution in [1.82, 2.24) is 25.5 Å². The van der Waals surface area contributed by atoms with Crippen LogP contribution in [0.15, 0.2) is 18.6 Å². The number of hydrogen-bond donors (Lipinski definition) is 2. The van der Waals surface area contributed by atoms with E-state index in [9.17, 15) is 4.79 Å². The van der Waals surface area contributed by atoms with Crippen LogP contribution in [0.1, 0.15) is 16.2 Å². The number of amides is 1. The van der Waals surface area contributed by atoms with Gasteiger partial charge in [-0.05, 0) is 6.92 Å². The standard InChI is InChI=1S/C10H11N5O/c1-6-3-12-5-8(14-6)7-4-13-15-9(7)10(16)11-2/h3-5H,1-2H3,(H,11,16)(H,13,15). The topological polar surface area (TPSA) is 83.6 Å². The van der Waals surface area contributed by atoms with Crippen LogP contribution in [0.25, 0.3) is 11.3 Å². The lowest BCUT2D eigenvalue weighted by Gasteiger charge is -2.01. The van der Waals surface area contributed by atoms with Crippen LogP contribution < -0.4 is 5.32 Å². The summed E-state index contributed by atoms with van der Waals surface area (Å²) in [5.41, 5.74) is 2.46. The van der Waals surface area contributed by atoms with Gasteiger partial charge in [0.2, 0.25) is 0 Å². The monoisotopic (exact) mass is 217 g/mol. The minimum Gasteiger partial charge on any atom is -0.354 e. The summed E-state index contributed by atoms with van der Waals surface area (Å²) in [4.78, 5) is 19.8. The maximum absolute atomic E-state index is 11.5. The van der Waals surface area contributed by atoms with Crippen molar-refractivity contribution in [1.29, 1.82) is 0 Å². The van der Waals surface area contributed by atoms with E-state index < -0.39 is 0 Å². The van der Waals surface area contributed by atoms with Crippen molar-refractivity contribution in [2.24, 2.45) is 0 Å². The average Bonchev–Trinajstić information content (AvgIpc) is 2.77. The lowest BCUT2D eigenvalue weighted by atomic mass is 10.2. The highest BCUT2D eigenvalue weighted by atomic mass is 16.1. The van der Waals surface area contributed by atoms with Crippen molar-refractivity contribution in [2.45, 2.75) is 6.92 Å². The molecule has 0 fully saturated rings. The van der Waals surface area contributed by atoms with Gasteiger partial charge >= 0.3 is 0 Å². The zero-order valence-electron chi connectivity index (χ0n) is 8.98. The maximum atomic E-state index is 11.5. The number of aromatic nitrogens is 4. The van der Waals surface area contributed by atoms with Crippen molar-refractivity contribution in [3.05, 3.63) is 30.0 Å². The molecule has 2 N–H and O–H groups in total. The zero-order valence-corrected chi connectivity index (χ0v) is 8.98. The molecule has 6 nitrogen and oxygen atoms in total. The maximum Gasteiger partial charge on any atom is 0.269 e. The summed E-state index contributed by atoms with van der Waals surface area (Å²) < 4.78 is 0. The summed E-state index contributed by atoms with van der Waals surface area (Å²) in [7, 11) is 1.56. The largest absolute Gasteiger partial charge is 0.354 e. The Labute approximate surface area is 92.1 Å². The van der Waals surface area contributed by atoms with Gasteiger partial charge in [0.1, 0.15) is 5.69 Å². The second-order valence-corrected chi connectivity index (χ2v) is 3.28. The second-order valence-electron chi connectivity index (χ2n) is 3.28. The number of H-pyrrole nitrogens is 1. The predicted molar refractivity (Wildman–Crippen MR) is 57.7 cm³/mol. The Morgan fingerprint density at radius 2 is 2.19 bits per heavy atom. The van der Waals surface area contributed by atoms with E-state index in [1.165, 1.54) is 0 Å². The zero-order chi connectivity index (χ0) is 11.5. The SMILES string of the molecule is CNC(=O)c1[nH]ncc1-c1cncc(C)n1. The number of rotatable bonds is 2. The molecule has 82 valence electrons. The highest BCUT2D eigenvalue weighted by molar-refractivity contribution is 5.98. The quantitative estimate of drug-likeness (QED) is 0.768. The average molecular weight is 217 g/mol. The predicted octanol–water partition coefficient (Wildman–Crippen LogP) is 0.535. The molecule has 6 heteroatoms.